The highest BCUT2D eigenvalue weighted by molar-refractivity contribution is 5.88. The molecular formula is C8H10NO. The van der Waals surface area contributed by atoms with E-state index in [2.05, 4.69) is 6.58 Å². The Hall–Kier alpha value is -0.790. The summed E-state index contributed by atoms with van der Waals surface area (Å²) in [7, 11) is 0. The molecule has 3 aliphatic rings. The molecule has 1 saturated carbocycles. The highest BCUT2D eigenvalue weighted by Crippen LogP contribution is 2.46. The van der Waals surface area contributed by atoms with Crippen molar-refractivity contribution >= 4 is 5.91 Å². The number of rotatable bonds is 1. The van der Waals surface area contributed by atoms with E-state index in [1.54, 1.807) is 0 Å². The number of hydrogen-bond acceptors (Lipinski definition) is 1. The second kappa shape index (κ2) is 1.84. The van der Waals surface area contributed by atoms with Crippen molar-refractivity contribution in [3.05, 3.63) is 18.7 Å². The molecule has 0 aromatic heterocycles. The second-order valence-corrected chi connectivity index (χ2v) is 2.99. The lowest BCUT2D eigenvalue weighted by atomic mass is 9.86. The molecule has 3 fully saturated rings. The standard InChI is InChI=1S/C8H10NO/c1-2-8(10)9-5-6-3-7(9)4-6/h2,6H,1,3-5H2. The summed E-state index contributed by atoms with van der Waals surface area (Å²) in [5.74, 6) is 0.855. The van der Waals surface area contributed by atoms with E-state index in [4.69, 9.17) is 0 Å². The first kappa shape index (κ1) is 5.96. The smallest absolute Gasteiger partial charge is 0.246 e. The molecule has 1 radical (unpaired) electrons. The first-order valence-corrected chi connectivity index (χ1v) is 3.60. The van der Waals surface area contributed by atoms with Gasteiger partial charge in [-0.1, -0.05) is 6.58 Å². The number of nitrogens with zero attached hydrogens (tertiary/aromatic N) is 1. The Kier molecular flexibility index (Phi) is 1.10. The fourth-order valence-electron chi connectivity index (χ4n) is 1.70. The van der Waals surface area contributed by atoms with E-state index in [1.165, 1.54) is 12.1 Å². The lowest BCUT2D eigenvalue weighted by molar-refractivity contribution is -0.124. The van der Waals surface area contributed by atoms with Crippen molar-refractivity contribution in [2.45, 2.75) is 12.8 Å². The van der Waals surface area contributed by atoms with E-state index >= 15 is 0 Å². The third-order valence-electron chi connectivity index (χ3n) is 2.31. The molecule has 0 atom stereocenters. The third kappa shape index (κ3) is 0.618. The molecule has 10 heavy (non-hydrogen) atoms. The van der Waals surface area contributed by atoms with Crippen LogP contribution < -0.4 is 0 Å². The van der Waals surface area contributed by atoms with Crippen molar-refractivity contribution in [3.63, 3.8) is 0 Å². The molecule has 0 spiro atoms. The average Bonchev–Trinajstić information content (AvgIpc) is 2.39. The fraction of sp³-hybridized carbons (Fsp3) is 0.500. The summed E-state index contributed by atoms with van der Waals surface area (Å²) < 4.78 is 0. The molecule has 0 aromatic rings. The Balaban J connectivity index is 2.06. The summed E-state index contributed by atoms with van der Waals surface area (Å²) in [5, 5.41) is 0. The van der Waals surface area contributed by atoms with Crippen molar-refractivity contribution in [1.29, 1.82) is 0 Å². The van der Waals surface area contributed by atoms with Crippen LogP contribution in [0.15, 0.2) is 12.7 Å². The van der Waals surface area contributed by atoms with Crippen LogP contribution in [0.4, 0.5) is 0 Å². The normalized spacial score (nSPS) is 24.6. The van der Waals surface area contributed by atoms with Gasteiger partial charge in [0.25, 0.3) is 0 Å². The average molecular weight is 136 g/mol. The predicted octanol–water partition coefficient (Wildman–Crippen LogP) is 0.957. The van der Waals surface area contributed by atoms with Gasteiger partial charge in [-0.2, -0.15) is 0 Å². The van der Waals surface area contributed by atoms with Gasteiger partial charge in [0.1, 0.15) is 0 Å². The van der Waals surface area contributed by atoms with Crippen LogP contribution in [0.5, 0.6) is 0 Å². The minimum absolute atomic E-state index is 0.0787. The lowest BCUT2D eigenvalue weighted by Crippen LogP contribution is -2.26. The zero-order chi connectivity index (χ0) is 7.14. The van der Waals surface area contributed by atoms with E-state index < -0.39 is 0 Å². The van der Waals surface area contributed by atoms with Crippen LogP contribution in [0, 0.1) is 12.0 Å². The first-order valence-electron chi connectivity index (χ1n) is 3.60. The third-order valence-corrected chi connectivity index (χ3v) is 2.31. The van der Waals surface area contributed by atoms with Gasteiger partial charge < -0.3 is 4.90 Å². The van der Waals surface area contributed by atoms with E-state index in [0.29, 0.717) is 0 Å². The molecule has 2 nitrogen and oxygen atoms in total. The molecule has 53 valence electrons. The molecule has 2 heteroatoms. The van der Waals surface area contributed by atoms with Crippen molar-refractivity contribution in [3.8, 4) is 0 Å². The molecule has 0 aromatic carbocycles. The van der Waals surface area contributed by atoms with E-state index in [1.807, 2.05) is 4.90 Å². The molecule has 2 bridgehead atoms. The molecule has 2 heterocycles. The highest BCUT2D eigenvalue weighted by Gasteiger charge is 2.44. The molecule has 1 aliphatic carbocycles. The minimum atomic E-state index is 0.0787. The second-order valence-electron chi connectivity index (χ2n) is 2.99. The zero-order valence-corrected chi connectivity index (χ0v) is 5.84. The summed E-state index contributed by atoms with van der Waals surface area (Å²) in [6.07, 6.45) is 3.70. The Morgan fingerprint density at radius 3 is 2.80 bits per heavy atom. The van der Waals surface area contributed by atoms with Crippen LogP contribution in [-0.4, -0.2) is 17.4 Å². The van der Waals surface area contributed by atoms with Gasteiger partial charge in [0.05, 0.1) is 6.04 Å². The lowest BCUT2D eigenvalue weighted by Gasteiger charge is -2.23. The summed E-state index contributed by atoms with van der Waals surface area (Å²) in [4.78, 5) is 12.9. The van der Waals surface area contributed by atoms with Crippen LogP contribution in [-0.2, 0) is 4.79 Å². The van der Waals surface area contributed by atoms with Gasteiger partial charge in [-0.25, -0.2) is 0 Å². The Labute approximate surface area is 60.5 Å². The monoisotopic (exact) mass is 136 g/mol. The molecule has 2 aliphatic heterocycles. The maximum Gasteiger partial charge on any atom is 0.246 e. The van der Waals surface area contributed by atoms with E-state index in [-0.39, 0.29) is 5.91 Å². The minimum Gasteiger partial charge on any atom is -0.331 e. The van der Waals surface area contributed by atoms with Gasteiger partial charge in [0.2, 0.25) is 5.91 Å². The molecule has 2 saturated heterocycles. The number of carbonyl (C=O) groups is 1. The van der Waals surface area contributed by atoms with Crippen molar-refractivity contribution < 1.29 is 4.79 Å². The molecule has 0 N–H and O–H groups in total. The molecule has 1 amide bonds. The van der Waals surface area contributed by atoms with Gasteiger partial charge >= 0.3 is 0 Å². The Bertz CT molecular complexity index is 182. The fourth-order valence-corrected chi connectivity index (χ4v) is 1.70. The maximum atomic E-state index is 11.0. The van der Waals surface area contributed by atoms with Gasteiger partial charge in [-0.3, -0.25) is 4.79 Å². The van der Waals surface area contributed by atoms with Crippen molar-refractivity contribution in [1.82, 2.24) is 4.90 Å². The molecule has 0 unspecified atom stereocenters. The van der Waals surface area contributed by atoms with Crippen molar-refractivity contribution in [2.24, 2.45) is 5.92 Å². The van der Waals surface area contributed by atoms with Crippen LogP contribution in [0.3, 0.4) is 0 Å². The summed E-state index contributed by atoms with van der Waals surface area (Å²) >= 11 is 0. The number of hydrogen-bond donors (Lipinski definition) is 0. The van der Waals surface area contributed by atoms with Crippen LogP contribution in [0.25, 0.3) is 0 Å². The van der Waals surface area contributed by atoms with Crippen LogP contribution >= 0.6 is 0 Å². The van der Waals surface area contributed by atoms with Crippen LogP contribution in [0.2, 0.25) is 0 Å². The topological polar surface area (TPSA) is 20.3 Å². The van der Waals surface area contributed by atoms with Gasteiger partial charge in [-0.05, 0) is 24.8 Å². The summed E-state index contributed by atoms with van der Waals surface area (Å²) in [5.41, 5.74) is 0. The number of amides is 1. The van der Waals surface area contributed by atoms with E-state index in [9.17, 15) is 4.79 Å². The quantitative estimate of drug-likeness (QED) is 0.491. The van der Waals surface area contributed by atoms with Crippen molar-refractivity contribution in [2.75, 3.05) is 6.54 Å². The first-order chi connectivity index (χ1) is 4.81. The number of fused-ring (bicyclic) bond motifs is 1. The van der Waals surface area contributed by atoms with Gasteiger partial charge in [-0.15, -0.1) is 0 Å². The SMILES string of the molecule is C=CC(=O)N1CC2C[C]1C2. The summed E-state index contributed by atoms with van der Waals surface area (Å²) in [6, 6.07) is 1.31. The Morgan fingerprint density at radius 1 is 1.70 bits per heavy atom. The number of carbonyl (C=O) groups excluding carboxylic acids is 1. The zero-order valence-electron chi connectivity index (χ0n) is 5.84. The predicted molar refractivity (Wildman–Crippen MR) is 37.9 cm³/mol. The molecule has 3 rings (SSSR count). The summed E-state index contributed by atoms with van der Waals surface area (Å²) in [6.45, 7) is 4.40. The van der Waals surface area contributed by atoms with Gasteiger partial charge in [0.15, 0.2) is 0 Å². The van der Waals surface area contributed by atoms with Gasteiger partial charge in [0, 0.05) is 6.54 Å². The largest absolute Gasteiger partial charge is 0.331 e. The molecular weight excluding hydrogens is 126 g/mol. The highest BCUT2D eigenvalue weighted by atomic mass is 16.2. The van der Waals surface area contributed by atoms with Crippen LogP contribution in [0.1, 0.15) is 12.8 Å². The van der Waals surface area contributed by atoms with E-state index in [0.717, 1.165) is 25.3 Å². The maximum absolute atomic E-state index is 11.0. The Morgan fingerprint density at radius 2 is 2.40 bits per heavy atom.